The van der Waals surface area contributed by atoms with Crippen molar-refractivity contribution in [3.05, 3.63) is 0 Å². The van der Waals surface area contributed by atoms with Gasteiger partial charge in [0.25, 0.3) is 0 Å². The van der Waals surface area contributed by atoms with Crippen LogP contribution in [0.1, 0.15) is 64.2 Å². The van der Waals surface area contributed by atoms with Crippen molar-refractivity contribution in [3.63, 3.8) is 0 Å². The van der Waals surface area contributed by atoms with Gasteiger partial charge in [0, 0.05) is 19.1 Å². The van der Waals surface area contributed by atoms with Gasteiger partial charge in [0.15, 0.2) is 0 Å². The monoisotopic (exact) mass is 266 g/mol. The van der Waals surface area contributed by atoms with Crippen molar-refractivity contribution < 1.29 is 4.79 Å². The summed E-state index contributed by atoms with van der Waals surface area (Å²) in [6.45, 7) is 0.609. The van der Waals surface area contributed by atoms with Crippen LogP contribution in [0, 0.1) is 0 Å². The van der Waals surface area contributed by atoms with Crippen LogP contribution < -0.4 is 0 Å². The van der Waals surface area contributed by atoms with Gasteiger partial charge in [-0.15, -0.1) is 0 Å². The van der Waals surface area contributed by atoms with Gasteiger partial charge in [0.2, 0.25) is 5.91 Å². The molecule has 19 heavy (non-hydrogen) atoms. The van der Waals surface area contributed by atoms with Gasteiger partial charge in [-0.3, -0.25) is 9.69 Å². The summed E-state index contributed by atoms with van der Waals surface area (Å²) in [6, 6.07) is 1.14. The van der Waals surface area contributed by atoms with Crippen LogP contribution in [0.5, 0.6) is 0 Å². The summed E-state index contributed by atoms with van der Waals surface area (Å²) in [5, 5.41) is 0. The van der Waals surface area contributed by atoms with Crippen molar-refractivity contribution >= 4 is 5.91 Å². The van der Waals surface area contributed by atoms with E-state index < -0.39 is 0 Å². The molecule has 0 radical (unpaired) electrons. The van der Waals surface area contributed by atoms with Crippen LogP contribution in [-0.4, -0.2) is 48.4 Å². The highest BCUT2D eigenvalue weighted by Gasteiger charge is 2.25. The molecule has 0 saturated heterocycles. The molecule has 2 saturated carbocycles. The van der Waals surface area contributed by atoms with E-state index in [2.05, 4.69) is 11.9 Å². The second-order valence-electron chi connectivity index (χ2n) is 6.50. The molecule has 0 aliphatic heterocycles. The van der Waals surface area contributed by atoms with Gasteiger partial charge in [0.1, 0.15) is 0 Å². The second kappa shape index (κ2) is 7.28. The Bertz CT molecular complexity index is 280. The zero-order valence-corrected chi connectivity index (χ0v) is 12.7. The average Bonchev–Trinajstić information content (AvgIpc) is 2.48. The Hall–Kier alpha value is -0.570. The fraction of sp³-hybridized carbons (Fsp3) is 0.938. The molecule has 0 unspecified atom stereocenters. The normalized spacial score (nSPS) is 22.7. The van der Waals surface area contributed by atoms with E-state index in [1.165, 1.54) is 64.2 Å². The van der Waals surface area contributed by atoms with Gasteiger partial charge in [-0.2, -0.15) is 0 Å². The predicted octanol–water partition coefficient (Wildman–Crippen LogP) is 3.04. The molecule has 1 amide bonds. The molecule has 0 atom stereocenters. The fourth-order valence-corrected chi connectivity index (χ4v) is 3.65. The van der Waals surface area contributed by atoms with Gasteiger partial charge in [-0.05, 0) is 32.7 Å². The van der Waals surface area contributed by atoms with E-state index in [1.54, 1.807) is 0 Å². The number of carbonyl (C=O) groups excluding carboxylic acids is 1. The molecule has 2 aliphatic carbocycles. The first kappa shape index (κ1) is 14.8. The maximum atomic E-state index is 12.4. The Morgan fingerprint density at radius 2 is 1.32 bits per heavy atom. The van der Waals surface area contributed by atoms with Gasteiger partial charge in [-0.1, -0.05) is 38.5 Å². The third-order valence-corrected chi connectivity index (χ3v) is 5.10. The number of rotatable bonds is 4. The molecule has 2 aliphatic rings. The minimum atomic E-state index is 0.319. The van der Waals surface area contributed by atoms with Crippen molar-refractivity contribution in [1.82, 2.24) is 9.80 Å². The molecule has 0 aromatic carbocycles. The molecule has 0 aromatic heterocycles. The lowest BCUT2D eigenvalue weighted by molar-refractivity contribution is -0.134. The van der Waals surface area contributed by atoms with Crippen LogP contribution in [0.3, 0.4) is 0 Å². The van der Waals surface area contributed by atoms with E-state index in [0.29, 0.717) is 24.5 Å². The highest BCUT2D eigenvalue weighted by molar-refractivity contribution is 5.78. The van der Waals surface area contributed by atoms with E-state index in [4.69, 9.17) is 0 Å². The van der Waals surface area contributed by atoms with Crippen LogP contribution >= 0.6 is 0 Å². The molecule has 2 rings (SSSR count). The first-order chi connectivity index (χ1) is 9.18. The molecule has 0 bridgehead atoms. The standard InChI is InChI=1S/C16H30N2O/c1-17(14-9-5-3-6-10-14)13-16(19)18(2)15-11-7-4-8-12-15/h14-15H,3-13H2,1-2H3. The average molecular weight is 266 g/mol. The van der Waals surface area contributed by atoms with Crippen molar-refractivity contribution in [2.75, 3.05) is 20.6 Å². The van der Waals surface area contributed by atoms with Crippen LogP contribution in [0.25, 0.3) is 0 Å². The maximum absolute atomic E-state index is 12.4. The molecule has 0 heterocycles. The Balaban J connectivity index is 1.78. The highest BCUT2D eigenvalue weighted by atomic mass is 16.2. The fourth-order valence-electron chi connectivity index (χ4n) is 3.65. The molecule has 2 fully saturated rings. The topological polar surface area (TPSA) is 23.6 Å². The van der Waals surface area contributed by atoms with E-state index in [-0.39, 0.29) is 0 Å². The molecule has 3 nitrogen and oxygen atoms in total. The summed E-state index contributed by atoms with van der Waals surface area (Å²) in [7, 11) is 4.13. The summed E-state index contributed by atoms with van der Waals surface area (Å²) in [4.78, 5) is 16.7. The van der Waals surface area contributed by atoms with E-state index in [9.17, 15) is 4.79 Å². The molecular formula is C16H30N2O. The lowest BCUT2D eigenvalue weighted by atomic mass is 9.94. The maximum Gasteiger partial charge on any atom is 0.236 e. The molecule has 110 valence electrons. The lowest BCUT2D eigenvalue weighted by Gasteiger charge is -2.35. The highest BCUT2D eigenvalue weighted by Crippen LogP contribution is 2.23. The number of likely N-dealkylation sites (N-methyl/N-ethyl adjacent to an activating group) is 2. The third kappa shape index (κ3) is 4.20. The number of hydrogen-bond donors (Lipinski definition) is 0. The summed E-state index contributed by atoms with van der Waals surface area (Å²) >= 11 is 0. The quantitative estimate of drug-likeness (QED) is 0.781. The Labute approximate surface area is 118 Å². The zero-order chi connectivity index (χ0) is 13.7. The molecular weight excluding hydrogens is 236 g/mol. The third-order valence-electron chi connectivity index (χ3n) is 5.10. The van der Waals surface area contributed by atoms with E-state index >= 15 is 0 Å². The van der Waals surface area contributed by atoms with Gasteiger partial charge < -0.3 is 4.90 Å². The minimum Gasteiger partial charge on any atom is -0.342 e. The summed E-state index contributed by atoms with van der Waals surface area (Å²) in [5.74, 6) is 0.319. The molecule has 0 N–H and O–H groups in total. The SMILES string of the molecule is CN(CC(=O)N(C)C1CCCCC1)C1CCCCC1. The smallest absolute Gasteiger partial charge is 0.236 e. The summed E-state index contributed by atoms with van der Waals surface area (Å²) in [5.41, 5.74) is 0. The molecule has 0 spiro atoms. The van der Waals surface area contributed by atoms with Crippen molar-refractivity contribution in [2.24, 2.45) is 0 Å². The Morgan fingerprint density at radius 1 is 0.842 bits per heavy atom. The van der Waals surface area contributed by atoms with Crippen LogP contribution in [0.4, 0.5) is 0 Å². The van der Waals surface area contributed by atoms with E-state index in [1.807, 2.05) is 11.9 Å². The number of carbonyl (C=O) groups is 1. The van der Waals surface area contributed by atoms with Crippen molar-refractivity contribution in [1.29, 1.82) is 0 Å². The zero-order valence-electron chi connectivity index (χ0n) is 12.7. The van der Waals surface area contributed by atoms with Crippen molar-refractivity contribution in [3.8, 4) is 0 Å². The van der Waals surface area contributed by atoms with Gasteiger partial charge in [-0.25, -0.2) is 0 Å². The van der Waals surface area contributed by atoms with Crippen LogP contribution in [-0.2, 0) is 4.79 Å². The Kier molecular flexibility index (Phi) is 5.68. The summed E-state index contributed by atoms with van der Waals surface area (Å²) in [6.07, 6.45) is 12.9. The molecule has 3 heteroatoms. The summed E-state index contributed by atoms with van der Waals surface area (Å²) < 4.78 is 0. The Morgan fingerprint density at radius 3 is 1.84 bits per heavy atom. The second-order valence-corrected chi connectivity index (χ2v) is 6.50. The lowest BCUT2D eigenvalue weighted by Crippen LogP contribution is -2.46. The largest absolute Gasteiger partial charge is 0.342 e. The van der Waals surface area contributed by atoms with Gasteiger partial charge in [0.05, 0.1) is 6.54 Å². The number of hydrogen-bond acceptors (Lipinski definition) is 2. The minimum absolute atomic E-state index is 0.319. The van der Waals surface area contributed by atoms with E-state index in [0.717, 1.165) is 0 Å². The first-order valence-electron chi connectivity index (χ1n) is 8.14. The first-order valence-corrected chi connectivity index (χ1v) is 8.14. The van der Waals surface area contributed by atoms with Crippen LogP contribution in [0.2, 0.25) is 0 Å². The van der Waals surface area contributed by atoms with Gasteiger partial charge >= 0.3 is 0 Å². The van der Waals surface area contributed by atoms with Crippen molar-refractivity contribution in [2.45, 2.75) is 76.3 Å². The predicted molar refractivity (Wildman–Crippen MR) is 79.1 cm³/mol. The van der Waals surface area contributed by atoms with Crippen LogP contribution in [0.15, 0.2) is 0 Å². The number of nitrogens with zero attached hydrogens (tertiary/aromatic N) is 2. The molecule has 0 aromatic rings. The number of amides is 1.